The Balaban J connectivity index is 2.46. The molecule has 102 valence electrons. The number of carbonyl (C=O) groups is 2. The molecule has 0 heterocycles. The van der Waals surface area contributed by atoms with Crippen molar-refractivity contribution in [1.82, 2.24) is 5.32 Å². The summed E-state index contributed by atoms with van der Waals surface area (Å²) in [5.74, 6) is 0. The molecule has 0 saturated heterocycles. The van der Waals surface area contributed by atoms with Crippen molar-refractivity contribution >= 4 is 29.1 Å². The van der Waals surface area contributed by atoms with E-state index in [9.17, 15) is 9.59 Å². The third-order valence-corrected chi connectivity index (χ3v) is 2.56. The molecule has 0 aliphatic carbocycles. The second-order valence-electron chi connectivity index (χ2n) is 3.28. The number of rotatable bonds is 2. The van der Waals surface area contributed by atoms with Gasteiger partial charge in [0.2, 0.25) is 0 Å². The van der Waals surface area contributed by atoms with Crippen LogP contribution in [0.15, 0.2) is 35.3 Å². The van der Waals surface area contributed by atoms with Crippen molar-refractivity contribution in [3.8, 4) is 0 Å². The van der Waals surface area contributed by atoms with Crippen LogP contribution in [0.25, 0.3) is 0 Å². The number of aliphatic imine (C=N–C) groups is 1. The van der Waals surface area contributed by atoms with Crippen LogP contribution >= 0.6 is 11.8 Å². The molecule has 0 saturated carbocycles. The van der Waals surface area contributed by atoms with E-state index >= 15 is 0 Å². The fourth-order valence-corrected chi connectivity index (χ4v) is 1.45. The number of hydrogen-bond acceptors (Lipinski definition) is 5. The predicted molar refractivity (Wildman–Crippen MR) is 73.1 cm³/mol. The molecule has 1 aromatic carbocycles. The minimum Gasteiger partial charge on any atom is -0.451 e. The quantitative estimate of drug-likeness (QED) is 0.665. The first-order chi connectivity index (χ1) is 9.15. The van der Waals surface area contributed by atoms with Crippen LogP contribution in [0.3, 0.4) is 0 Å². The van der Waals surface area contributed by atoms with Gasteiger partial charge in [0.15, 0.2) is 5.17 Å². The number of amides is 2. The van der Waals surface area contributed by atoms with E-state index in [1.165, 1.54) is 7.11 Å². The minimum absolute atomic E-state index is 0.116. The van der Waals surface area contributed by atoms with Crippen molar-refractivity contribution in [2.45, 2.75) is 6.61 Å². The molecule has 0 atom stereocenters. The number of benzene rings is 1. The van der Waals surface area contributed by atoms with Crippen molar-refractivity contribution in [2.24, 2.45) is 4.99 Å². The first-order valence-electron chi connectivity index (χ1n) is 5.34. The van der Waals surface area contributed by atoms with Crippen LogP contribution in [0, 0.1) is 0 Å². The third kappa shape index (κ3) is 5.91. The van der Waals surface area contributed by atoms with Crippen molar-refractivity contribution in [2.75, 3.05) is 13.4 Å². The Morgan fingerprint density at radius 1 is 1.32 bits per heavy atom. The number of ether oxygens (including phenoxy) is 2. The number of methoxy groups -OCH3 is 1. The lowest BCUT2D eigenvalue weighted by Crippen LogP contribution is -2.29. The Labute approximate surface area is 115 Å². The van der Waals surface area contributed by atoms with Gasteiger partial charge in [0, 0.05) is 0 Å². The summed E-state index contributed by atoms with van der Waals surface area (Å²) in [5.41, 5.74) is 0.869. The molecule has 1 N–H and O–H groups in total. The molecule has 0 aromatic heterocycles. The average molecular weight is 282 g/mol. The summed E-state index contributed by atoms with van der Waals surface area (Å²) in [5, 5.41) is 2.47. The summed E-state index contributed by atoms with van der Waals surface area (Å²) >= 11 is 1.10. The molecule has 7 heteroatoms. The van der Waals surface area contributed by atoms with Crippen LogP contribution in [0.1, 0.15) is 5.56 Å². The first kappa shape index (κ1) is 15.0. The number of thioether (sulfide) groups is 1. The van der Waals surface area contributed by atoms with Crippen LogP contribution in [-0.4, -0.2) is 30.7 Å². The molecule has 1 aromatic rings. The zero-order valence-electron chi connectivity index (χ0n) is 10.6. The minimum atomic E-state index is -0.785. The highest BCUT2D eigenvalue weighted by Crippen LogP contribution is 2.02. The number of nitrogens with zero attached hydrogens (tertiary/aromatic N) is 1. The number of carbonyl (C=O) groups excluding carboxylic acids is 2. The van der Waals surface area contributed by atoms with E-state index in [4.69, 9.17) is 4.74 Å². The number of alkyl carbamates (subject to hydrolysis) is 1. The Bertz CT molecular complexity index is 462. The standard InChI is InChI=1S/C12H14N2O4S/c1-17-11(15)13-10(19-2)14-12(16)18-8-9-6-4-3-5-7-9/h3-7H,8H2,1-2H3,(H,13,14,15,16). The van der Waals surface area contributed by atoms with Crippen molar-refractivity contribution < 1.29 is 19.1 Å². The third-order valence-electron chi connectivity index (χ3n) is 1.98. The summed E-state index contributed by atoms with van der Waals surface area (Å²) in [6, 6.07) is 9.25. The molecule has 0 aliphatic rings. The number of amidine groups is 1. The van der Waals surface area contributed by atoms with Gasteiger partial charge in [-0.1, -0.05) is 42.1 Å². The Morgan fingerprint density at radius 3 is 2.58 bits per heavy atom. The first-order valence-corrected chi connectivity index (χ1v) is 6.56. The van der Waals surface area contributed by atoms with Crippen LogP contribution in [-0.2, 0) is 16.1 Å². The molecule has 1 rings (SSSR count). The summed E-state index contributed by atoms with van der Waals surface area (Å²) in [6.07, 6.45) is 0.202. The van der Waals surface area contributed by atoms with Gasteiger partial charge in [0.05, 0.1) is 7.11 Å². The van der Waals surface area contributed by atoms with E-state index < -0.39 is 12.2 Å². The van der Waals surface area contributed by atoms with Crippen LogP contribution in [0.4, 0.5) is 9.59 Å². The van der Waals surface area contributed by atoms with Gasteiger partial charge in [-0.2, -0.15) is 4.99 Å². The Hall–Kier alpha value is -2.02. The van der Waals surface area contributed by atoms with Gasteiger partial charge in [-0.25, -0.2) is 9.59 Å². The lowest BCUT2D eigenvalue weighted by Gasteiger charge is -2.07. The van der Waals surface area contributed by atoms with E-state index in [1.54, 1.807) is 6.26 Å². The molecule has 0 radical (unpaired) electrons. The topological polar surface area (TPSA) is 77.0 Å². The zero-order chi connectivity index (χ0) is 14.1. The van der Waals surface area contributed by atoms with Gasteiger partial charge < -0.3 is 9.47 Å². The van der Waals surface area contributed by atoms with Crippen molar-refractivity contribution in [1.29, 1.82) is 0 Å². The van der Waals surface area contributed by atoms with Crippen molar-refractivity contribution in [3.63, 3.8) is 0 Å². The second-order valence-corrected chi connectivity index (χ2v) is 4.07. The lowest BCUT2D eigenvalue weighted by molar-refractivity contribution is 0.145. The number of nitrogens with one attached hydrogen (secondary N) is 1. The molecule has 0 unspecified atom stereocenters. The van der Waals surface area contributed by atoms with Gasteiger partial charge in [-0.05, 0) is 11.8 Å². The Morgan fingerprint density at radius 2 is 2.00 bits per heavy atom. The van der Waals surface area contributed by atoms with Gasteiger partial charge in [0.25, 0.3) is 0 Å². The van der Waals surface area contributed by atoms with Crippen LogP contribution in [0.5, 0.6) is 0 Å². The molecule has 0 aliphatic heterocycles. The maximum atomic E-state index is 11.5. The van der Waals surface area contributed by atoms with E-state index in [2.05, 4.69) is 15.0 Å². The van der Waals surface area contributed by atoms with Crippen LogP contribution < -0.4 is 5.32 Å². The Kier molecular flexibility index (Phi) is 6.45. The smallest absolute Gasteiger partial charge is 0.435 e. The molecule has 19 heavy (non-hydrogen) atoms. The summed E-state index contributed by atoms with van der Waals surface area (Å²) in [7, 11) is 1.21. The van der Waals surface area contributed by atoms with E-state index in [-0.39, 0.29) is 11.8 Å². The number of hydrogen-bond donors (Lipinski definition) is 1. The zero-order valence-corrected chi connectivity index (χ0v) is 11.4. The monoisotopic (exact) mass is 282 g/mol. The molecular weight excluding hydrogens is 268 g/mol. The largest absolute Gasteiger partial charge is 0.451 e. The van der Waals surface area contributed by atoms with E-state index in [0.29, 0.717) is 0 Å². The van der Waals surface area contributed by atoms with Crippen LogP contribution in [0.2, 0.25) is 0 Å². The highest BCUT2D eigenvalue weighted by Gasteiger charge is 2.08. The highest BCUT2D eigenvalue weighted by molar-refractivity contribution is 8.13. The fourth-order valence-electron chi connectivity index (χ4n) is 1.10. The molecule has 0 spiro atoms. The van der Waals surface area contributed by atoms with Gasteiger partial charge in [0.1, 0.15) is 6.61 Å². The SMILES string of the molecule is COC(=O)N=C(NC(=O)OCc1ccccc1)SC. The molecule has 2 amide bonds. The highest BCUT2D eigenvalue weighted by atomic mass is 32.2. The van der Waals surface area contributed by atoms with Gasteiger partial charge in [-0.3, -0.25) is 5.32 Å². The van der Waals surface area contributed by atoms with Gasteiger partial charge >= 0.3 is 12.2 Å². The molecule has 0 bridgehead atoms. The predicted octanol–water partition coefficient (Wildman–Crippen LogP) is 2.40. The fraction of sp³-hybridized carbons (Fsp3) is 0.250. The average Bonchev–Trinajstić information content (AvgIpc) is 2.45. The van der Waals surface area contributed by atoms with Crippen molar-refractivity contribution in [3.05, 3.63) is 35.9 Å². The molecular formula is C12H14N2O4S. The summed E-state index contributed by atoms with van der Waals surface area (Å²) < 4.78 is 9.34. The molecule has 6 nitrogen and oxygen atoms in total. The summed E-state index contributed by atoms with van der Waals surface area (Å²) in [6.45, 7) is 0.145. The summed E-state index contributed by atoms with van der Waals surface area (Å²) in [4.78, 5) is 25.9. The maximum Gasteiger partial charge on any atom is 0.435 e. The maximum absolute atomic E-state index is 11.5. The normalized spacial score (nSPS) is 10.7. The van der Waals surface area contributed by atoms with Gasteiger partial charge in [-0.15, -0.1) is 0 Å². The lowest BCUT2D eigenvalue weighted by atomic mass is 10.2. The molecule has 0 fully saturated rings. The van der Waals surface area contributed by atoms with E-state index in [1.807, 2.05) is 30.3 Å². The van der Waals surface area contributed by atoms with E-state index in [0.717, 1.165) is 17.3 Å². The second kappa shape index (κ2) is 8.15.